The van der Waals surface area contributed by atoms with Gasteiger partial charge in [0.25, 0.3) is 5.69 Å². The van der Waals surface area contributed by atoms with Gasteiger partial charge in [-0.1, -0.05) is 12.1 Å². The minimum absolute atomic E-state index is 0.0200. The van der Waals surface area contributed by atoms with Crippen LogP contribution in [-0.2, 0) is 10.0 Å². The summed E-state index contributed by atoms with van der Waals surface area (Å²) >= 11 is 0. The second-order valence-electron chi connectivity index (χ2n) is 4.49. The number of rotatable bonds is 3. The first-order chi connectivity index (χ1) is 8.84. The molecule has 1 saturated heterocycles. The number of β-amino-alcohol motifs (C(OH)–C–C–N with tert-alkyl or cyclic N) is 1. The fourth-order valence-corrected chi connectivity index (χ4v) is 4.03. The van der Waals surface area contributed by atoms with E-state index in [0.29, 0.717) is 12.0 Å². The molecule has 1 aromatic rings. The second-order valence-corrected chi connectivity index (χ2v) is 6.36. The van der Waals surface area contributed by atoms with E-state index in [1.54, 1.807) is 0 Å². The predicted octanol–water partition coefficient (Wildman–Crippen LogP) is 0.659. The predicted molar refractivity (Wildman–Crippen MR) is 67.2 cm³/mol. The van der Waals surface area contributed by atoms with Crippen LogP contribution in [0.15, 0.2) is 23.1 Å². The highest BCUT2D eigenvalue weighted by Gasteiger charge is 2.36. The summed E-state index contributed by atoms with van der Waals surface area (Å²) in [6.45, 7) is 1.68. The van der Waals surface area contributed by atoms with E-state index in [-0.39, 0.29) is 18.0 Å². The average molecular weight is 286 g/mol. The van der Waals surface area contributed by atoms with E-state index < -0.39 is 26.7 Å². The molecule has 8 heteroatoms. The number of hydrogen-bond acceptors (Lipinski definition) is 5. The van der Waals surface area contributed by atoms with Crippen molar-refractivity contribution in [2.75, 3.05) is 13.1 Å². The smallest absolute Gasteiger partial charge is 0.289 e. The Morgan fingerprint density at radius 3 is 2.68 bits per heavy atom. The van der Waals surface area contributed by atoms with Crippen LogP contribution in [0.5, 0.6) is 0 Å². The molecule has 2 rings (SSSR count). The molecule has 0 spiro atoms. The summed E-state index contributed by atoms with van der Waals surface area (Å²) in [4.78, 5) is 9.99. The van der Waals surface area contributed by atoms with Gasteiger partial charge in [-0.2, -0.15) is 4.31 Å². The zero-order chi connectivity index (χ0) is 14.2. The Balaban J connectivity index is 2.55. The third-order valence-electron chi connectivity index (χ3n) is 3.11. The van der Waals surface area contributed by atoms with Crippen molar-refractivity contribution in [3.05, 3.63) is 33.9 Å². The first-order valence-electron chi connectivity index (χ1n) is 5.76. The van der Waals surface area contributed by atoms with E-state index in [1.807, 2.05) is 0 Å². The molecular weight excluding hydrogens is 272 g/mol. The van der Waals surface area contributed by atoms with E-state index in [0.717, 1.165) is 4.31 Å². The molecule has 0 aliphatic carbocycles. The maximum Gasteiger partial charge on any atom is 0.289 e. The summed E-state index contributed by atoms with van der Waals surface area (Å²) < 4.78 is 26.0. The SMILES string of the molecule is Cc1cccc([N+](=O)[O-])c1S(=O)(=O)N1CCC(O)C1. The molecule has 0 bridgehead atoms. The molecular formula is C11H14N2O5S. The standard InChI is InChI=1S/C11H14N2O5S/c1-8-3-2-4-10(13(15)16)11(8)19(17,18)12-6-5-9(14)7-12/h2-4,9,14H,5-7H2,1H3. The Bertz CT molecular complexity index is 614. The van der Waals surface area contributed by atoms with Crippen LogP contribution in [0.4, 0.5) is 5.69 Å². The Kier molecular flexibility index (Phi) is 3.57. The summed E-state index contributed by atoms with van der Waals surface area (Å²) in [5.74, 6) is 0. The average Bonchev–Trinajstić information content (AvgIpc) is 2.75. The molecule has 1 heterocycles. The Morgan fingerprint density at radius 2 is 2.16 bits per heavy atom. The Morgan fingerprint density at radius 1 is 1.47 bits per heavy atom. The molecule has 1 aliphatic rings. The number of aliphatic hydroxyl groups excluding tert-OH is 1. The van der Waals surface area contributed by atoms with Crippen LogP contribution in [0.1, 0.15) is 12.0 Å². The van der Waals surface area contributed by atoms with Crippen LogP contribution in [-0.4, -0.2) is 41.9 Å². The summed E-state index contributed by atoms with van der Waals surface area (Å²) in [5, 5.41) is 20.4. The zero-order valence-electron chi connectivity index (χ0n) is 10.3. The highest BCUT2D eigenvalue weighted by atomic mass is 32.2. The summed E-state index contributed by atoms with van der Waals surface area (Å²) in [6.07, 6.45) is -0.364. The lowest BCUT2D eigenvalue weighted by atomic mass is 10.2. The van der Waals surface area contributed by atoms with Crippen molar-refractivity contribution in [2.24, 2.45) is 0 Å². The number of hydrogen-bond donors (Lipinski definition) is 1. The first-order valence-corrected chi connectivity index (χ1v) is 7.20. The van der Waals surface area contributed by atoms with Crippen molar-refractivity contribution in [1.29, 1.82) is 0 Å². The minimum atomic E-state index is -3.95. The van der Waals surface area contributed by atoms with Gasteiger partial charge in [-0.05, 0) is 18.9 Å². The number of benzene rings is 1. The molecule has 1 atom stereocenters. The van der Waals surface area contributed by atoms with Crippen LogP contribution in [0, 0.1) is 17.0 Å². The second kappa shape index (κ2) is 4.87. The van der Waals surface area contributed by atoms with Crippen LogP contribution >= 0.6 is 0 Å². The third-order valence-corrected chi connectivity index (χ3v) is 5.17. The molecule has 1 aromatic carbocycles. The highest BCUT2D eigenvalue weighted by Crippen LogP contribution is 2.31. The van der Waals surface area contributed by atoms with E-state index >= 15 is 0 Å². The van der Waals surface area contributed by atoms with E-state index in [1.165, 1.54) is 25.1 Å². The lowest BCUT2D eigenvalue weighted by Gasteiger charge is -2.17. The molecule has 1 aliphatic heterocycles. The molecule has 0 radical (unpaired) electrons. The van der Waals surface area contributed by atoms with E-state index in [2.05, 4.69) is 0 Å². The quantitative estimate of drug-likeness (QED) is 0.649. The number of aryl methyl sites for hydroxylation is 1. The first kappa shape index (κ1) is 13.9. The van der Waals surface area contributed by atoms with Crippen molar-refractivity contribution < 1.29 is 18.4 Å². The van der Waals surface area contributed by atoms with Crippen LogP contribution in [0.25, 0.3) is 0 Å². The van der Waals surface area contributed by atoms with Gasteiger partial charge in [0, 0.05) is 19.2 Å². The molecule has 1 N–H and O–H groups in total. The van der Waals surface area contributed by atoms with Crippen LogP contribution in [0.3, 0.4) is 0 Å². The highest BCUT2D eigenvalue weighted by molar-refractivity contribution is 7.89. The maximum absolute atomic E-state index is 12.4. The van der Waals surface area contributed by atoms with Crippen molar-refractivity contribution in [2.45, 2.75) is 24.3 Å². The largest absolute Gasteiger partial charge is 0.392 e. The maximum atomic E-state index is 12.4. The van der Waals surface area contributed by atoms with Gasteiger partial charge in [0.2, 0.25) is 10.0 Å². The van der Waals surface area contributed by atoms with Crippen molar-refractivity contribution in [3.8, 4) is 0 Å². The zero-order valence-corrected chi connectivity index (χ0v) is 11.1. The van der Waals surface area contributed by atoms with Gasteiger partial charge in [0.05, 0.1) is 11.0 Å². The molecule has 19 heavy (non-hydrogen) atoms. The number of nitro groups is 1. The molecule has 104 valence electrons. The molecule has 1 unspecified atom stereocenters. The van der Waals surface area contributed by atoms with Gasteiger partial charge in [-0.25, -0.2) is 8.42 Å². The van der Waals surface area contributed by atoms with Gasteiger partial charge in [-0.3, -0.25) is 10.1 Å². The summed E-state index contributed by atoms with van der Waals surface area (Å²) in [5.41, 5.74) is -0.100. The number of nitro benzene ring substituents is 1. The van der Waals surface area contributed by atoms with Gasteiger partial charge < -0.3 is 5.11 Å². The van der Waals surface area contributed by atoms with E-state index in [9.17, 15) is 23.6 Å². The monoisotopic (exact) mass is 286 g/mol. The van der Waals surface area contributed by atoms with Crippen molar-refractivity contribution in [3.63, 3.8) is 0 Å². The summed E-state index contributed by atoms with van der Waals surface area (Å²) in [6, 6.07) is 4.14. The topological polar surface area (TPSA) is 101 Å². The van der Waals surface area contributed by atoms with Gasteiger partial charge in [-0.15, -0.1) is 0 Å². The number of sulfonamides is 1. The van der Waals surface area contributed by atoms with Crippen LogP contribution in [0.2, 0.25) is 0 Å². The van der Waals surface area contributed by atoms with Crippen molar-refractivity contribution >= 4 is 15.7 Å². The van der Waals surface area contributed by atoms with Gasteiger partial charge >= 0.3 is 0 Å². The van der Waals surface area contributed by atoms with Gasteiger partial charge in [0.1, 0.15) is 0 Å². The third kappa shape index (κ3) is 2.46. The minimum Gasteiger partial charge on any atom is -0.392 e. The summed E-state index contributed by atoms with van der Waals surface area (Å²) in [7, 11) is -3.95. The molecule has 0 saturated carbocycles. The number of nitrogens with zero attached hydrogens (tertiary/aromatic N) is 2. The molecule has 7 nitrogen and oxygen atoms in total. The molecule has 0 amide bonds. The van der Waals surface area contributed by atoms with E-state index in [4.69, 9.17) is 0 Å². The fraction of sp³-hybridized carbons (Fsp3) is 0.455. The molecule has 0 aromatic heterocycles. The van der Waals surface area contributed by atoms with Gasteiger partial charge in [0.15, 0.2) is 4.90 Å². The number of aliphatic hydroxyl groups is 1. The normalized spacial score (nSPS) is 20.6. The van der Waals surface area contributed by atoms with Crippen molar-refractivity contribution in [1.82, 2.24) is 4.31 Å². The lowest BCUT2D eigenvalue weighted by molar-refractivity contribution is -0.387. The lowest BCUT2D eigenvalue weighted by Crippen LogP contribution is -2.30. The van der Waals surface area contributed by atoms with Crippen LogP contribution < -0.4 is 0 Å². The fourth-order valence-electron chi connectivity index (χ4n) is 2.17. The Labute approximate surface area is 110 Å². The molecule has 1 fully saturated rings. The Hall–Kier alpha value is -1.51.